The molecule has 1 aliphatic carbocycles. The summed E-state index contributed by atoms with van der Waals surface area (Å²) >= 11 is 0. The summed E-state index contributed by atoms with van der Waals surface area (Å²) in [4.78, 5) is 23.2. The van der Waals surface area contributed by atoms with E-state index in [9.17, 15) is 9.59 Å². The second kappa shape index (κ2) is 5.21. The molecule has 4 heteroatoms. The van der Waals surface area contributed by atoms with Crippen LogP contribution in [-0.2, 0) is 22.4 Å². The van der Waals surface area contributed by atoms with E-state index < -0.39 is 12.0 Å². The molecule has 0 saturated heterocycles. The minimum absolute atomic E-state index is 0.234. The molecule has 0 bridgehead atoms. The Labute approximate surface area is 106 Å². The second-order valence-corrected chi connectivity index (χ2v) is 4.56. The molecule has 0 radical (unpaired) electrons. The number of ether oxygens (including phenoxy) is 1. The van der Waals surface area contributed by atoms with Gasteiger partial charge in [-0.2, -0.15) is 0 Å². The van der Waals surface area contributed by atoms with Crippen molar-refractivity contribution >= 4 is 11.9 Å². The highest BCUT2D eigenvalue weighted by Crippen LogP contribution is 2.22. The van der Waals surface area contributed by atoms with Crippen molar-refractivity contribution in [2.75, 3.05) is 7.11 Å². The Morgan fingerprint density at radius 3 is 2.72 bits per heavy atom. The highest BCUT2D eigenvalue weighted by Gasteiger charge is 2.18. The van der Waals surface area contributed by atoms with Crippen molar-refractivity contribution < 1.29 is 14.3 Å². The van der Waals surface area contributed by atoms with Crippen LogP contribution >= 0.6 is 0 Å². The number of aryl methyl sites for hydroxylation is 2. The predicted molar refractivity (Wildman–Crippen MR) is 67.4 cm³/mol. The first-order valence-electron chi connectivity index (χ1n) is 6.12. The van der Waals surface area contributed by atoms with Crippen molar-refractivity contribution in [2.24, 2.45) is 0 Å². The van der Waals surface area contributed by atoms with Crippen LogP contribution in [0.25, 0.3) is 0 Å². The zero-order chi connectivity index (χ0) is 13.1. The van der Waals surface area contributed by atoms with E-state index >= 15 is 0 Å². The quantitative estimate of drug-likeness (QED) is 0.823. The number of hydrogen-bond acceptors (Lipinski definition) is 3. The lowest BCUT2D eigenvalue weighted by molar-refractivity contribution is -0.142. The lowest BCUT2D eigenvalue weighted by Gasteiger charge is -2.12. The van der Waals surface area contributed by atoms with Gasteiger partial charge in [0.1, 0.15) is 6.04 Å². The average Bonchev–Trinajstić information content (AvgIpc) is 2.84. The summed E-state index contributed by atoms with van der Waals surface area (Å²) < 4.78 is 4.57. The fraction of sp³-hybridized carbons (Fsp3) is 0.429. The topological polar surface area (TPSA) is 55.4 Å². The fourth-order valence-corrected chi connectivity index (χ4v) is 2.23. The number of nitrogens with one attached hydrogen (secondary N) is 1. The summed E-state index contributed by atoms with van der Waals surface area (Å²) in [5.74, 6) is -0.674. The zero-order valence-corrected chi connectivity index (χ0v) is 10.7. The Balaban J connectivity index is 2.07. The maximum atomic E-state index is 12.0. The number of hydrogen-bond donors (Lipinski definition) is 1. The van der Waals surface area contributed by atoms with Gasteiger partial charge in [-0.05, 0) is 49.4 Å². The summed E-state index contributed by atoms with van der Waals surface area (Å²) in [6.45, 7) is 1.61. The van der Waals surface area contributed by atoms with Crippen LogP contribution in [0.1, 0.15) is 34.8 Å². The Bertz CT molecular complexity index is 482. The van der Waals surface area contributed by atoms with Crippen LogP contribution in [-0.4, -0.2) is 25.0 Å². The molecule has 4 nitrogen and oxygen atoms in total. The zero-order valence-electron chi connectivity index (χ0n) is 10.7. The molecule has 1 atom stereocenters. The SMILES string of the molecule is COC(=O)C(C)NC(=O)c1ccc2c(c1)CCC2. The molecule has 0 fully saturated rings. The molecule has 1 unspecified atom stereocenters. The van der Waals surface area contributed by atoms with Gasteiger partial charge >= 0.3 is 5.97 Å². The number of carbonyl (C=O) groups is 2. The Hall–Kier alpha value is -1.84. The number of fused-ring (bicyclic) bond motifs is 1. The Morgan fingerprint density at radius 2 is 2.00 bits per heavy atom. The lowest BCUT2D eigenvalue weighted by atomic mass is 10.1. The van der Waals surface area contributed by atoms with Gasteiger partial charge in [0.05, 0.1) is 7.11 Å². The van der Waals surface area contributed by atoms with Crippen LogP contribution in [0.5, 0.6) is 0 Å². The molecule has 0 saturated carbocycles. The van der Waals surface area contributed by atoms with Crippen LogP contribution in [0.4, 0.5) is 0 Å². The molecule has 1 aromatic rings. The monoisotopic (exact) mass is 247 g/mol. The van der Waals surface area contributed by atoms with Crippen molar-refractivity contribution in [1.29, 1.82) is 0 Å². The highest BCUT2D eigenvalue weighted by atomic mass is 16.5. The van der Waals surface area contributed by atoms with E-state index in [4.69, 9.17) is 0 Å². The first kappa shape index (κ1) is 12.6. The van der Waals surface area contributed by atoms with Crippen LogP contribution in [0.15, 0.2) is 18.2 Å². The van der Waals surface area contributed by atoms with Gasteiger partial charge in [0.15, 0.2) is 0 Å². The largest absolute Gasteiger partial charge is 0.467 e. The summed E-state index contributed by atoms with van der Waals surface area (Å²) in [6.07, 6.45) is 3.28. The normalized spacial score (nSPS) is 14.8. The molecular weight excluding hydrogens is 230 g/mol. The minimum atomic E-state index is -0.629. The first-order valence-corrected chi connectivity index (χ1v) is 6.12. The number of esters is 1. The minimum Gasteiger partial charge on any atom is -0.467 e. The Kier molecular flexibility index (Phi) is 3.65. The smallest absolute Gasteiger partial charge is 0.328 e. The molecule has 0 spiro atoms. The van der Waals surface area contributed by atoms with Gasteiger partial charge < -0.3 is 10.1 Å². The van der Waals surface area contributed by atoms with E-state index in [1.807, 2.05) is 18.2 Å². The third kappa shape index (κ3) is 2.53. The van der Waals surface area contributed by atoms with E-state index in [-0.39, 0.29) is 5.91 Å². The van der Waals surface area contributed by atoms with E-state index in [1.54, 1.807) is 6.92 Å². The van der Waals surface area contributed by atoms with Gasteiger partial charge in [-0.25, -0.2) is 4.79 Å². The number of rotatable bonds is 3. The Morgan fingerprint density at radius 1 is 1.28 bits per heavy atom. The standard InChI is InChI=1S/C14H17NO3/c1-9(14(17)18-2)15-13(16)12-7-6-10-4-3-5-11(10)8-12/h6-9H,3-5H2,1-2H3,(H,15,16). The number of amides is 1. The van der Waals surface area contributed by atoms with E-state index in [2.05, 4.69) is 10.1 Å². The molecule has 1 aliphatic rings. The number of benzene rings is 1. The maximum Gasteiger partial charge on any atom is 0.328 e. The molecule has 0 aliphatic heterocycles. The molecule has 96 valence electrons. The molecule has 1 N–H and O–H groups in total. The first-order chi connectivity index (χ1) is 8.61. The van der Waals surface area contributed by atoms with Gasteiger partial charge in [0.2, 0.25) is 0 Å². The van der Waals surface area contributed by atoms with Crippen LogP contribution < -0.4 is 5.32 Å². The van der Waals surface area contributed by atoms with Crippen molar-refractivity contribution in [1.82, 2.24) is 5.32 Å². The van der Waals surface area contributed by atoms with Crippen LogP contribution in [0, 0.1) is 0 Å². The summed E-state index contributed by atoms with van der Waals surface area (Å²) in [5, 5.41) is 2.62. The van der Waals surface area contributed by atoms with E-state index in [0.29, 0.717) is 5.56 Å². The highest BCUT2D eigenvalue weighted by molar-refractivity contribution is 5.96. The van der Waals surface area contributed by atoms with Gasteiger partial charge in [-0.3, -0.25) is 4.79 Å². The lowest BCUT2D eigenvalue weighted by Crippen LogP contribution is -2.39. The van der Waals surface area contributed by atoms with Gasteiger partial charge in [0.25, 0.3) is 5.91 Å². The molecule has 18 heavy (non-hydrogen) atoms. The predicted octanol–water partition coefficient (Wildman–Crippen LogP) is 1.47. The van der Waals surface area contributed by atoms with E-state index in [0.717, 1.165) is 19.3 Å². The molecule has 1 amide bonds. The third-order valence-electron chi connectivity index (χ3n) is 3.26. The number of methoxy groups -OCH3 is 1. The molecule has 2 rings (SSSR count). The van der Waals surface area contributed by atoms with Gasteiger partial charge in [0, 0.05) is 5.56 Å². The van der Waals surface area contributed by atoms with Crippen LogP contribution in [0.3, 0.4) is 0 Å². The maximum absolute atomic E-state index is 12.0. The third-order valence-corrected chi connectivity index (χ3v) is 3.26. The number of carbonyl (C=O) groups excluding carboxylic acids is 2. The van der Waals surface area contributed by atoms with Gasteiger partial charge in [-0.15, -0.1) is 0 Å². The van der Waals surface area contributed by atoms with Crippen molar-refractivity contribution in [3.05, 3.63) is 34.9 Å². The second-order valence-electron chi connectivity index (χ2n) is 4.56. The summed E-state index contributed by atoms with van der Waals surface area (Å²) in [7, 11) is 1.31. The van der Waals surface area contributed by atoms with Gasteiger partial charge in [-0.1, -0.05) is 6.07 Å². The molecule has 0 aromatic heterocycles. The van der Waals surface area contributed by atoms with Crippen LogP contribution in [0.2, 0.25) is 0 Å². The summed E-state index contributed by atoms with van der Waals surface area (Å²) in [5.41, 5.74) is 3.17. The van der Waals surface area contributed by atoms with Crippen molar-refractivity contribution in [2.45, 2.75) is 32.2 Å². The molecular formula is C14H17NO3. The van der Waals surface area contributed by atoms with E-state index in [1.165, 1.54) is 18.2 Å². The molecule has 0 heterocycles. The van der Waals surface area contributed by atoms with Crippen molar-refractivity contribution in [3.63, 3.8) is 0 Å². The van der Waals surface area contributed by atoms with Crippen molar-refractivity contribution in [3.8, 4) is 0 Å². The fourth-order valence-electron chi connectivity index (χ4n) is 2.23. The summed E-state index contributed by atoms with van der Waals surface area (Å²) in [6, 6.07) is 5.10. The average molecular weight is 247 g/mol. The molecule has 1 aromatic carbocycles.